The molecule has 1 aromatic heterocycles. The lowest BCUT2D eigenvalue weighted by atomic mass is 10.1. The van der Waals surface area contributed by atoms with Gasteiger partial charge in [-0.25, -0.2) is 9.78 Å². The van der Waals surface area contributed by atoms with Gasteiger partial charge in [0.1, 0.15) is 12.4 Å². The number of ether oxygens (including phenoxy) is 1. The van der Waals surface area contributed by atoms with Crippen LogP contribution in [0, 0.1) is 6.92 Å². The van der Waals surface area contributed by atoms with Crippen molar-refractivity contribution in [3.63, 3.8) is 0 Å². The van der Waals surface area contributed by atoms with Gasteiger partial charge in [0.25, 0.3) is 11.5 Å². The van der Waals surface area contributed by atoms with Crippen LogP contribution >= 0.6 is 11.6 Å². The number of hydrogen-bond donors (Lipinski definition) is 0. The summed E-state index contributed by atoms with van der Waals surface area (Å²) in [6, 6.07) is 20.3. The molecular weight excluding hydrogens is 528 g/mol. The average molecular weight is 559 g/mol. The number of aryl methyl sites for hydroxylation is 1. The maximum atomic E-state index is 14.0. The Morgan fingerprint density at radius 3 is 2.50 bits per heavy atom. The van der Waals surface area contributed by atoms with Crippen molar-refractivity contribution in [2.75, 3.05) is 33.3 Å². The van der Waals surface area contributed by atoms with E-state index in [1.807, 2.05) is 56.4 Å². The Bertz CT molecular complexity index is 1590. The molecule has 0 aliphatic carbocycles. The lowest BCUT2D eigenvalue weighted by Gasteiger charge is -2.33. The van der Waals surface area contributed by atoms with E-state index in [1.54, 1.807) is 30.3 Å². The summed E-state index contributed by atoms with van der Waals surface area (Å²) in [5, 5.41) is 0.783. The number of rotatable bonds is 4. The molecular formula is C31H31ClN4O4. The fraction of sp³-hybridized carbons (Fsp3) is 0.290. The van der Waals surface area contributed by atoms with Crippen molar-refractivity contribution >= 4 is 34.4 Å². The molecule has 3 aromatic carbocycles. The molecule has 5 rings (SSSR count). The Morgan fingerprint density at radius 1 is 1.00 bits per heavy atom. The number of amides is 1. The Hall–Kier alpha value is -4.01. The topological polar surface area (TPSA) is 84.7 Å². The van der Waals surface area contributed by atoms with E-state index in [0.29, 0.717) is 41.0 Å². The second-order valence-electron chi connectivity index (χ2n) is 10.1. The van der Waals surface area contributed by atoms with Crippen molar-refractivity contribution < 1.29 is 14.3 Å². The quantitative estimate of drug-likeness (QED) is 0.344. The fourth-order valence-corrected chi connectivity index (χ4v) is 5.09. The third kappa shape index (κ3) is 5.93. The summed E-state index contributed by atoms with van der Waals surface area (Å²) in [7, 11) is 1.95. The van der Waals surface area contributed by atoms with Crippen LogP contribution in [-0.2, 0) is 16.1 Å². The minimum atomic E-state index is -1.24. The average Bonchev–Trinajstić information content (AvgIpc) is 2.94. The van der Waals surface area contributed by atoms with Gasteiger partial charge in [0.05, 0.1) is 17.4 Å². The normalized spacial score (nSPS) is 17.0. The molecule has 1 amide bonds. The third-order valence-corrected chi connectivity index (χ3v) is 7.36. The van der Waals surface area contributed by atoms with E-state index >= 15 is 0 Å². The number of hydrogen-bond acceptors (Lipinski definition) is 6. The number of halogens is 1. The second-order valence-corrected chi connectivity index (χ2v) is 10.5. The van der Waals surface area contributed by atoms with Gasteiger partial charge in [-0.2, -0.15) is 0 Å². The molecule has 4 aromatic rings. The Balaban J connectivity index is 1.72. The van der Waals surface area contributed by atoms with Crippen molar-refractivity contribution in [2.45, 2.75) is 25.9 Å². The summed E-state index contributed by atoms with van der Waals surface area (Å²) in [4.78, 5) is 50.2. The van der Waals surface area contributed by atoms with Crippen molar-refractivity contribution in [2.24, 2.45) is 0 Å². The van der Waals surface area contributed by atoms with Gasteiger partial charge in [-0.05, 0) is 62.8 Å². The summed E-state index contributed by atoms with van der Waals surface area (Å²) in [5.41, 5.74) is 2.33. The van der Waals surface area contributed by atoms with Gasteiger partial charge < -0.3 is 14.5 Å². The number of carbonyl (C=O) groups is 2. The highest BCUT2D eigenvalue weighted by Crippen LogP contribution is 2.27. The molecule has 0 radical (unpaired) electrons. The summed E-state index contributed by atoms with van der Waals surface area (Å²) >= 11 is 6.27. The van der Waals surface area contributed by atoms with Gasteiger partial charge in [0, 0.05) is 23.7 Å². The van der Waals surface area contributed by atoms with Gasteiger partial charge in [0.15, 0.2) is 6.04 Å². The minimum Gasteiger partial charge on any atom is -0.462 e. The summed E-state index contributed by atoms with van der Waals surface area (Å²) < 4.78 is 7.19. The van der Waals surface area contributed by atoms with Gasteiger partial charge in [-0.3, -0.25) is 14.2 Å². The van der Waals surface area contributed by atoms with Crippen LogP contribution in [-0.4, -0.2) is 64.5 Å². The van der Waals surface area contributed by atoms with Crippen molar-refractivity contribution in [1.29, 1.82) is 0 Å². The predicted octanol–water partition coefficient (Wildman–Crippen LogP) is 4.47. The van der Waals surface area contributed by atoms with E-state index < -0.39 is 12.0 Å². The number of carbonyl (C=O) groups excluding carboxylic acids is 2. The van der Waals surface area contributed by atoms with Crippen molar-refractivity contribution in [1.82, 2.24) is 19.4 Å². The van der Waals surface area contributed by atoms with Gasteiger partial charge >= 0.3 is 5.97 Å². The standard InChI is InChI=1S/C31H31ClN4O4/c1-21-9-11-23(12-10-21)29(37)35-16-6-15-34(2)17-18-40-31(39)27(35)28-33-26-19-24(32)13-14-25(26)30(38)36(28)20-22-7-4-3-5-8-22/h3-5,7-14,19,27H,6,15-18,20H2,1-2H3. The first kappa shape index (κ1) is 27.6. The summed E-state index contributed by atoms with van der Waals surface area (Å²) in [6.07, 6.45) is 0.625. The third-order valence-electron chi connectivity index (χ3n) is 7.13. The van der Waals surface area contributed by atoms with Crippen molar-refractivity contribution in [3.8, 4) is 0 Å². The number of aromatic nitrogens is 2. The highest BCUT2D eigenvalue weighted by molar-refractivity contribution is 6.31. The molecule has 1 unspecified atom stereocenters. The molecule has 0 saturated carbocycles. The lowest BCUT2D eigenvalue weighted by molar-refractivity contribution is -0.150. The molecule has 0 bridgehead atoms. The number of fused-ring (bicyclic) bond motifs is 1. The maximum Gasteiger partial charge on any atom is 0.336 e. The first-order valence-corrected chi connectivity index (χ1v) is 13.7. The minimum absolute atomic E-state index is 0.142. The molecule has 206 valence electrons. The van der Waals surface area contributed by atoms with Crippen LogP contribution in [0.1, 0.15) is 39.8 Å². The van der Waals surface area contributed by atoms with Crippen LogP contribution in [0.15, 0.2) is 77.6 Å². The van der Waals surface area contributed by atoms with Crippen LogP contribution in [0.4, 0.5) is 0 Å². The molecule has 40 heavy (non-hydrogen) atoms. The maximum absolute atomic E-state index is 14.0. The molecule has 8 nitrogen and oxygen atoms in total. The highest BCUT2D eigenvalue weighted by Gasteiger charge is 2.37. The largest absolute Gasteiger partial charge is 0.462 e. The second kappa shape index (κ2) is 12.0. The van der Waals surface area contributed by atoms with E-state index in [9.17, 15) is 14.4 Å². The van der Waals surface area contributed by atoms with Crippen molar-refractivity contribution in [3.05, 3.63) is 111 Å². The molecule has 2 heterocycles. The molecule has 0 N–H and O–H groups in total. The molecule has 1 saturated heterocycles. The van der Waals surface area contributed by atoms with Crippen LogP contribution in [0.2, 0.25) is 5.02 Å². The Labute approximate surface area is 237 Å². The zero-order valence-electron chi connectivity index (χ0n) is 22.5. The first-order chi connectivity index (χ1) is 19.3. The smallest absolute Gasteiger partial charge is 0.336 e. The Kier molecular flexibility index (Phi) is 8.28. The molecule has 0 spiro atoms. The highest BCUT2D eigenvalue weighted by atomic mass is 35.5. The zero-order valence-corrected chi connectivity index (χ0v) is 23.3. The Morgan fingerprint density at radius 2 is 1.75 bits per heavy atom. The number of esters is 1. The first-order valence-electron chi connectivity index (χ1n) is 13.3. The molecule has 1 aliphatic rings. The molecule has 1 atom stereocenters. The van der Waals surface area contributed by atoms with E-state index in [0.717, 1.165) is 11.1 Å². The lowest BCUT2D eigenvalue weighted by Crippen LogP contribution is -2.45. The number of likely N-dealkylation sites (N-methyl/N-ethyl adjacent to an activating group) is 1. The van der Waals surface area contributed by atoms with E-state index in [-0.39, 0.29) is 37.0 Å². The number of benzene rings is 3. The fourth-order valence-electron chi connectivity index (χ4n) is 4.92. The number of nitrogens with zero attached hydrogens (tertiary/aromatic N) is 4. The van der Waals surface area contributed by atoms with Crippen LogP contribution in [0.5, 0.6) is 0 Å². The SMILES string of the molecule is Cc1ccc(C(=O)N2CCCN(C)CCOC(=O)C2c2nc3cc(Cl)ccc3c(=O)n2Cc2ccccc2)cc1. The zero-order chi connectivity index (χ0) is 28.2. The van der Waals surface area contributed by atoms with E-state index in [2.05, 4.69) is 4.90 Å². The number of cyclic esters (lactones) is 1. The van der Waals surface area contributed by atoms with Gasteiger partial charge in [0.2, 0.25) is 0 Å². The predicted molar refractivity (Wildman–Crippen MR) is 155 cm³/mol. The van der Waals surface area contributed by atoms with Crippen LogP contribution in [0.25, 0.3) is 10.9 Å². The molecule has 1 fully saturated rings. The van der Waals surface area contributed by atoms with Gasteiger partial charge in [-0.1, -0.05) is 59.6 Å². The molecule has 1 aliphatic heterocycles. The van der Waals surface area contributed by atoms with E-state index in [1.165, 1.54) is 9.47 Å². The van der Waals surface area contributed by atoms with E-state index in [4.69, 9.17) is 21.3 Å². The summed E-state index contributed by atoms with van der Waals surface area (Å²) in [5.74, 6) is -0.828. The monoisotopic (exact) mass is 558 g/mol. The van der Waals surface area contributed by atoms with Crippen LogP contribution < -0.4 is 5.56 Å². The van der Waals surface area contributed by atoms with Gasteiger partial charge in [-0.15, -0.1) is 0 Å². The van der Waals surface area contributed by atoms with Crippen LogP contribution in [0.3, 0.4) is 0 Å². The summed E-state index contributed by atoms with van der Waals surface area (Å²) in [6.45, 7) is 3.80. The molecule has 9 heteroatoms.